The lowest BCUT2D eigenvalue weighted by atomic mass is 9.82. The summed E-state index contributed by atoms with van der Waals surface area (Å²) in [5, 5.41) is 22.1. The third-order valence-electron chi connectivity index (χ3n) is 8.15. The molecule has 7 nitrogen and oxygen atoms in total. The molecule has 0 fully saturated rings. The van der Waals surface area contributed by atoms with Crippen LogP contribution in [0.2, 0.25) is 16.6 Å². The normalized spacial score (nSPS) is 17.2. The molecule has 1 aromatic rings. The van der Waals surface area contributed by atoms with E-state index >= 15 is 0 Å². The van der Waals surface area contributed by atoms with Gasteiger partial charge in [-0.3, -0.25) is 0 Å². The quantitative estimate of drug-likeness (QED) is 0.120. The maximum atomic E-state index is 12.7. The maximum absolute atomic E-state index is 12.7. The molecule has 6 atom stereocenters. The predicted octanol–water partition coefficient (Wildman–Crippen LogP) is 7.05. The average Bonchev–Trinajstić information content (AvgIpc) is 2.86. The zero-order valence-corrected chi connectivity index (χ0v) is 28.9. The monoisotopic (exact) mass is 594 g/mol. The molecule has 236 valence electrons. The van der Waals surface area contributed by atoms with Crippen LogP contribution in [0.25, 0.3) is 0 Å². The van der Waals surface area contributed by atoms with Crippen LogP contribution >= 0.6 is 0 Å². The van der Waals surface area contributed by atoms with E-state index in [1.807, 2.05) is 38.1 Å². The number of hydrogen-bond acceptors (Lipinski definition) is 7. The summed E-state index contributed by atoms with van der Waals surface area (Å²) in [4.78, 5) is 12.7. The molecule has 41 heavy (non-hydrogen) atoms. The fourth-order valence-corrected chi connectivity index (χ4v) is 11.8. The first-order valence-corrected chi connectivity index (χ1v) is 17.1. The highest BCUT2D eigenvalue weighted by Crippen LogP contribution is 2.45. The lowest BCUT2D eigenvalue weighted by molar-refractivity contribution is -0.177. The molecule has 0 aliphatic carbocycles. The fraction of sp³-hybridized carbons (Fsp3) is 0.727. The van der Waals surface area contributed by atoms with Crippen molar-refractivity contribution in [1.29, 1.82) is 0 Å². The molecule has 1 aromatic carbocycles. The zero-order chi connectivity index (χ0) is 31.9. The topological polar surface area (TPSA) is 94.5 Å². The molecule has 0 saturated carbocycles. The highest BCUT2D eigenvalue weighted by Gasteiger charge is 2.49. The van der Waals surface area contributed by atoms with Gasteiger partial charge >= 0.3 is 5.97 Å². The molecular weight excluding hydrogens is 536 g/mol. The molecule has 1 rings (SSSR count). The number of carbonyl (C=O) groups is 1. The van der Waals surface area contributed by atoms with E-state index in [4.69, 9.17) is 18.6 Å². The van der Waals surface area contributed by atoms with Crippen molar-refractivity contribution in [1.82, 2.24) is 0 Å². The van der Waals surface area contributed by atoms with E-state index in [9.17, 15) is 15.0 Å². The average molecular weight is 595 g/mol. The van der Waals surface area contributed by atoms with Crippen molar-refractivity contribution in [3.63, 3.8) is 0 Å². The number of aliphatic hydroxyl groups is 2. The Kier molecular flexibility index (Phi) is 14.3. The standard InChI is InChI=1S/C33H58O7Si/c1-20(2)30(40-41(21(3)4,22(5)6)23(7)8)25(10)31(38-19-26-15-17-27(37-14)18-16-26)24(9)28(34)29(35)32(36)39-33(11,12)13/h15-18,21-25,28-31,34-35H,1,19H2,2-14H3/t24-,25+,28-,29+,30-,31-/m0/s1. The smallest absolute Gasteiger partial charge is 0.338 e. The van der Waals surface area contributed by atoms with Gasteiger partial charge in [-0.15, -0.1) is 0 Å². The van der Waals surface area contributed by atoms with Crippen molar-refractivity contribution >= 4 is 14.3 Å². The minimum absolute atomic E-state index is 0.246. The molecule has 0 bridgehead atoms. The van der Waals surface area contributed by atoms with E-state index in [0.717, 1.165) is 16.9 Å². The molecule has 0 amide bonds. The lowest BCUT2D eigenvalue weighted by Gasteiger charge is -2.47. The second kappa shape index (κ2) is 15.7. The van der Waals surface area contributed by atoms with Gasteiger partial charge in [-0.05, 0) is 62.0 Å². The third kappa shape index (κ3) is 9.92. The van der Waals surface area contributed by atoms with E-state index in [2.05, 4.69) is 48.1 Å². The molecular formula is C33H58O7Si. The van der Waals surface area contributed by atoms with Crippen LogP contribution in [0.15, 0.2) is 36.4 Å². The fourth-order valence-electron chi connectivity index (χ4n) is 6.14. The molecule has 2 N–H and O–H groups in total. The summed E-state index contributed by atoms with van der Waals surface area (Å²) in [6.45, 7) is 29.0. The lowest BCUT2D eigenvalue weighted by Crippen LogP contribution is -2.54. The summed E-state index contributed by atoms with van der Waals surface area (Å²) in [6.07, 6.45) is -4.06. The minimum Gasteiger partial charge on any atom is -0.497 e. The Morgan fingerprint density at radius 1 is 0.902 bits per heavy atom. The Morgan fingerprint density at radius 3 is 1.78 bits per heavy atom. The highest BCUT2D eigenvalue weighted by molar-refractivity contribution is 6.77. The third-order valence-corrected chi connectivity index (χ3v) is 14.2. The first-order valence-electron chi connectivity index (χ1n) is 15.0. The van der Waals surface area contributed by atoms with Crippen LogP contribution in [0, 0.1) is 11.8 Å². The number of esters is 1. The van der Waals surface area contributed by atoms with Crippen LogP contribution < -0.4 is 4.74 Å². The second-order valence-electron chi connectivity index (χ2n) is 13.5. The van der Waals surface area contributed by atoms with Crippen molar-refractivity contribution in [3.05, 3.63) is 42.0 Å². The van der Waals surface area contributed by atoms with Crippen LogP contribution in [-0.2, 0) is 25.3 Å². The zero-order valence-electron chi connectivity index (χ0n) is 27.9. The van der Waals surface area contributed by atoms with Crippen molar-refractivity contribution in [3.8, 4) is 5.75 Å². The van der Waals surface area contributed by atoms with Gasteiger partial charge < -0.3 is 28.8 Å². The second-order valence-corrected chi connectivity index (χ2v) is 18.9. The van der Waals surface area contributed by atoms with Crippen molar-refractivity contribution in [2.24, 2.45) is 11.8 Å². The van der Waals surface area contributed by atoms with Crippen LogP contribution in [0.3, 0.4) is 0 Å². The molecule has 8 heteroatoms. The van der Waals surface area contributed by atoms with Crippen LogP contribution in [0.1, 0.15) is 88.6 Å². The molecule has 0 aliphatic rings. The van der Waals surface area contributed by atoms with E-state index in [1.165, 1.54) is 0 Å². The minimum atomic E-state index is -2.30. The summed E-state index contributed by atoms with van der Waals surface area (Å²) >= 11 is 0. The number of hydrogen-bond donors (Lipinski definition) is 2. The number of benzene rings is 1. The van der Waals surface area contributed by atoms with Gasteiger partial charge in [-0.1, -0.05) is 79.7 Å². The predicted molar refractivity (Wildman–Crippen MR) is 168 cm³/mol. The van der Waals surface area contributed by atoms with Crippen molar-refractivity contribution in [2.45, 2.75) is 136 Å². The molecule has 0 saturated heterocycles. The maximum Gasteiger partial charge on any atom is 0.338 e. The van der Waals surface area contributed by atoms with Crippen LogP contribution in [0.4, 0.5) is 0 Å². The number of methoxy groups -OCH3 is 1. The van der Waals surface area contributed by atoms with Gasteiger partial charge in [0.05, 0.1) is 32.0 Å². The van der Waals surface area contributed by atoms with Crippen molar-refractivity contribution in [2.75, 3.05) is 7.11 Å². The molecule has 0 aromatic heterocycles. The van der Waals surface area contributed by atoms with E-state index in [0.29, 0.717) is 16.6 Å². The van der Waals surface area contributed by atoms with E-state index in [1.54, 1.807) is 34.8 Å². The Bertz CT molecular complexity index is 930. The number of carbonyl (C=O) groups excluding carboxylic acids is 1. The molecule has 0 spiro atoms. The Morgan fingerprint density at radius 2 is 1.39 bits per heavy atom. The number of aliphatic hydroxyl groups excluding tert-OH is 2. The SMILES string of the molecule is C=C(C)[C@H](O[Si](C(C)C)(C(C)C)C(C)C)[C@@H](C)[C@@H](OCc1ccc(OC)cc1)[C@@H](C)[C@H](O)[C@@H](O)C(=O)OC(C)(C)C. The first-order chi connectivity index (χ1) is 18.8. The summed E-state index contributed by atoms with van der Waals surface area (Å²) < 4.78 is 24.4. The van der Waals surface area contributed by atoms with Crippen molar-refractivity contribution < 1.29 is 33.6 Å². The molecule has 0 heterocycles. The van der Waals surface area contributed by atoms with Gasteiger partial charge in [0, 0.05) is 11.8 Å². The van der Waals surface area contributed by atoms with Crippen LogP contribution in [0.5, 0.6) is 5.75 Å². The van der Waals surface area contributed by atoms with Crippen LogP contribution in [-0.4, -0.2) is 61.6 Å². The summed E-state index contributed by atoms with van der Waals surface area (Å²) in [6, 6.07) is 7.60. The van der Waals surface area contributed by atoms with Gasteiger partial charge in [0.2, 0.25) is 8.32 Å². The van der Waals surface area contributed by atoms with Gasteiger partial charge in [-0.2, -0.15) is 0 Å². The summed E-state index contributed by atoms with van der Waals surface area (Å²) in [5.41, 5.74) is 2.12. The molecule has 0 radical (unpaired) electrons. The number of rotatable bonds is 16. The summed E-state index contributed by atoms with van der Waals surface area (Å²) in [7, 11) is -0.684. The Labute approximate surface area is 250 Å². The molecule has 0 unspecified atom stereocenters. The molecule has 0 aliphatic heterocycles. The van der Waals surface area contributed by atoms with E-state index in [-0.39, 0.29) is 18.6 Å². The first kappa shape index (κ1) is 37.3. The van der Waals surface area contributed by atoms with Gasteiger partial charge in [0.15, 0.2) is 6.10 Å². The van der Waals surface area contributed by atoms with E-state index < -0.39 is 44.1 Å². The Hall–Kier alpha value is -1.71. The van der Waals surface area contributed by atoms with Gasteiger partial charge in [0.1, 0.15) is 11.4 Å². The summed E-state index contributed by atoms with van der Waals surface area (Å²) in [5.74, 6) is -0.998. The highest BCUT2D eigenvalue weighted by atomic mass is 28.4. The largest absolute Gasteiger partial charge is 0.497 e. The number of ether oxygens (including phenoxy) is 3. The van der Waals surface area contributed by atoms with Gasteiger partial charge in [0.25, 0.3) is 0 Å². The van der Waals surface area contributed by atoms with Gasteiger partial charge in [-0.25, -0.2) is 4.79 Å². The Balaban J connectivity index is 3.48.